The molecule has 0 aliphatic heterocycles. The van der Waals surface area contributed by atoms with E-state index in [1.54, 1.807) is 0 Å². The molecule has 0 fully saturated rings. The summed E-state index contributed by atoms with van der Waals surface area (Å²) >= 11 is 0.762. The molecule has 0 radical (unpaired) electrons. The second kappa shape index (κ2) is 5.98. The Kier molecular flexibility index (Phi) is 4.92. The van der Waals surface area contributed by atoms with Crippen molar-refractivity contribution in [3.63, 3.8) is 0 Å². The Morgan fingerprint density at radius 3 is 2.44 bits per heavy atom. The maximum absolute atomic E-state index is 5.77. The van der Waals surface area contributed by atoms with Crippen LogP contribution in [-0.4, -0.2) is 18.1 Å². The molecule has 4 N–H and O–H groups in total. The van der Waals surface area contributed by atoms with E-state index in [1.165, 1.54) is 0 Å². The van der Waals surface area contributed by atoms with Crippen molar-refractivity contribution in [2.75, 3.05) is 18.9 Å². The molecule has 1 rings (SSSR count). The van der Waals surface area contributed by atoms with Crippen LogP contribution in [0.3, 0.4) is 0 Å². The Labute approximate surface area is 100 Å². The Morgan fingerprint density at radius 2 is 1.88 bits per heavy atom. The first kappa shape index (κ1) is 13.2. The van der Waals surface area contributed by atoms with Gasteiger partial charge in [-0.15, -0.1) is 0 Å². The van der Waals surface area contributed by atoms with Gasteiger partial charge in [-0.2, -0.15) is 4.18 Å². The summed E-state index contributed by atoms with van der Waals surface area (Å²) < 4.78 is 11.1. The van der Waals surface area contributed by atoms with E-state index < -0.39 is 4.93 Å². The molecule has 90 valence electrons. The predicted octanol–water partition coefficient (Wildman–Crippen LogP) is 1.09. The number of hydrogen-bond acceptors (Lipinski definition) is 4. The van der Waals surface area contributed by atoms with Gasteiger partial charge in [-0.3, -0.25) is 0 Å². The van der Waals surface area contributed by atoms with Crippen LogP contribution in [0, 0.1) is 0 Å². The molecule has 0 spiro atoms. The Morgan fingerprint density at radius 1 is 1.25 bits per heavy atom. The fraction of sp³-hybridized carbons (Fsp3) is 0.455. The number of nitrogens with two attached hydrogens (primary N) is 2. The molecule has 4 nitrogen and oxygen atoms in total. The van der Waals surface area contributed by atoms with Gasteiger partial charge in [0.15, 0.2) is 12.0 Å². The van der Waals surface area contributed by atoms with Gasteiger partial charge in [-0.05, 0) is 24.3 Å². The number of rotatable bonds is 6. The van der Waals surface area contributed by atoms with Gasteiger partial charge in [0.05, 0.1) is 0 Å². The van der Waals surface area contributed by atoms with Gasteiger partial charge in [0.2, 0.25) is 0 Å². The van der Waals surface area contributed by atoms with Crippen molar-refractivity contribution in [2.45, 2.75) is 18.8 Å². The van der Waals surface area contributed by atoms with Gasteiger partial charge in [-0.1, -0.05) is 0 Å². The average Bonchev–Trinajstić information content (AvgIpc) is 2.21. The van der Waals surface area contributed by atoms with Crippen molar-refractivity contribution >= 4 is 17.7 Å². The van der Waals surface area contributed by atoms with E-state index in [0.29, 0.717) is 13.2 Å². The van der Waals surface area contributed by atoms with Gasteiger partial charge in [0, 0.05) is 26.1 Å². The molecule has 0 saturated carbocycles. The third-order valence-corrected chi connectivity index (χ3v) is 2.58. The third-order valence-electron chi connectivity index (χ3n) is 1.74. The SMILES string of the molecule is CC(C)(Oc1ccc(N)cc1)[SH+]OCCN. The zero-order chi connectivity index (χ0) is 12.0. The molecule has 0 saturated heterocycles. The molecule has 0 heterocycles. The Balaban J connectivity index is 2.48. The smallest absolute Gasteiger partial charge is 0.290 e. The molecule has 16 heavy (non-hydrogen) atoms. The monoisotopic (exact) mass is 243 g/mol. The summed E-state index contributed by atoms with van der Waals surface area (Å²) in [6.45, 7) is 4.98. The summed E-state index contributed by atoms with van der Waals surface area (Å²) in [6, 6.07) is 7.30. The first-order valence-corrected chi connectivity index (χ1v) is 5.93. The van der Waals surface area contributed by atoms with Crippen molar-refractivity contribution in [3.8, 4) is 5.75 Å². The second-order valence-corrected chi connectivity index (χ2v) is 5.35. The molecule has 0 aliphatic carbocycles. The average molecular weight is 243 g/mol. The van der Waals surface area contributed by atoms with Crippen molar-refractivity contribution < 1.29 is 8.92 Å². The molecular formula is C11H19N2O2S+. The van der Waals surface area contributed by atoms with E-state index in [9.17, 15) is 0 Å². The van der Waals surface area contributed by atoms with Crippen LogP contribution in [0.1, 0.15) is 13.8 Å². The summed E-state index contributed by atoms with van der Waals surface area (Å²) in [6.07, 6.45) is 0. The highest BCUT2D eigenvalue weighted by molar-refractivity contribution is 7.74. The predicted molar refractivity (Wildman–Crippen MR) is 69.3 cm³/mol. The summed E-state index contributed by atoms with van der Waals surface area (Å²) in [4.78, 5) is -0.398. The van der Waals surface area contributed by atoms with Crippen LogP contribution >= 0.6 is 0 Å². The second-order valence-electron chi connectivity index (χ2n) is 3.83. The maximum atomic E-state index is 5.77. The molecule has 0 amide bonds. The normalized spacial score (nSPS) is 11.4. The Hall–Kier alpha value is -0.910. The number of hydrogen-bond donors (Lipinski definition) is 2. The highest BCUT2D eigenvalue weighted by Gasteiger charge is 2.30. The summed E-state index contributed by atoms with van der Waals surface area (Å²) in [7, 11) is 0. The zero-order valence-corrected chi connectivity index (χ0v) is 10.5. The van der Waals surface area contributed by atoms with Crippen molar-refractivity contribution in [1.29, 1.82) is 0 Å². The number of nitrogen functional groups attached to an aromatic ring is 1. The van der Waals surface area contributed by atoms with E-state index in [1.807, 2.05) is 38.1 Å². The molecule has 0 atom stereocenters. The number of thiol groups is 1. The minimum atomic E-state index is -0.398. The van der Waals surface area contributed by atoms with Gasteiger partial charge < -0.3 is 16.2 Å². The van der Waals surface area contributed by atoms with Crippen molar-refractivity contribution in [1.82, 2.24) is 0 Å². The standard InChI is InChI=1S/C11H18N2O2S/c1-11(2,16-14-8-7-12)15-10-5-3-9(13)4-6-10/h3-6H,7-8,12-13H2,1-2H3/p+1. The lowest BCUT2D eigenvalue weighted by Gasteiger charge is -2.17. The topological polar surface area (TPSA) is 70.5 Å². The number of anilines is 1. The fourth-order valence-electron chi connectivity index (χ4n) is 1.10. The van der Waals surface area contributed by atoms with Crippen LogP contribution in [0.5, 0.6) is 5.75 Å². The minimum absolute atomic E-state index is 0.398. The summed E-state index contributed by atoms with van der Waals surface area (Å²) in [5.41, 5.74) is 11.7. The van der Waals surface area contributed by atoms with E-state index in [4.69, 9.17) is 20.4 Å². The highest BCUT2D eigenvalue weighted by atomic mass is 32.2. The molecule has 5 heteroatoms. The third kappa shape index (κ3) is 4.74. The van der Waals surface area contributed by atoms with Crippen LogP contribution in [0.4, 0.5) is 5.69 Å². The molecular weight excluding hydrogens is 224 g/mol. The van der Waals surface area contributed by atoms with E-state index >= 15 is 0 Å². The molecule has 0 aromatic heterocycles. The lowest BCUT2D eigenvalue weighted by molar-refractivity contribution is 0.190. The van der Waals surface area contributed by atoms with E-state index in [0.717, 1.165) is 23.5 Å². The molecule has 0 bridgehead atoms. The summed E-state index contributed by atoms with van der Waals surface area (Å²) in [5, 5.41) is 0. The molecule has 1 aromatic rings. The molecule has 1 aromatic carbocycles. The van der Waals surface area contributed by atoms with E-state index in [2.05, 4.69) is 0 Å². The van der Waals surface area contributed by atoms with Crippen LogP contribution in [0.15, 0.2) is 24.3 Å². The quantitative estimate of drug-likeness (QED) is 0.339. The van der Waals surface area contributed by atoms with Crippen LogP contribution in [-0.2, 0) is 16.2 Å². The van der Waals surface area contributed by atoms with Crippen LogP contribution in [0.2, 0.25) is 0 Å². The van der Waals surface area contributed by atoms with Crippen LogP contribution in [0.25, 0.3) is 0 Å². The molecule has 0 aliphatic rings. The lowest BCUT2D eigenvalue weighted by atomic mass is 10.3. The highest BCUT2D eigenvalue weighted by Crippen LogP contribution is 2.21. The van der Waals surface area contributed by atoms with Gasteiger partial charge in [0.1, 0.15) is 12.4 Å². The Bertz CT molecular complexity index is 314. The number of ether oxygens (including phenoxy) is 1. The minimum Gasteiger partial charge on any atom is -0.442 e. The zero-order valence-electron chi connectivity index (χ0n) is 9.64. The van der Waals surface area contributed by atoms with Gasteiger partial charge >= 0.3 is 0 Å². The van der Waals surface area contributed by atoms with Crippen LogP contribution < -0.4 is 16.2 Å². The van der Waals surface area contributed by atoms with E-state index in [-0.39, 0.29) is 0 Å². The fourth-order valence-corrected chi connectivity index (χ4v) is 1.75. The van der Waals surface area contributed by atoms with Crippen molar-refractivity contribution in [3.05, 3.63) is 24.3 Å². The largest absolute Gasteiger partial charge is 0.442 e. The summed E-state index contributed by atoms with van der Waals surface area (Å²) in [5.74, 6) is 0.781. The van der Waals surface area contributed by atoms with Gasteiger partial charge in [0.25, 0.3) is 4.93 Å². The lowest BCUT2D eigenvalue weighted by Crippen LogP contribution is -2.31. The van der Waals surface area contributed by atoms with Crippen molar-refractivity contribution in [2.24, 2.45) is 5.73 Å². The molecule has 0 unspecified atom stereocenters. The maximum Gasteiger partial charge on any atom is 0.290 e. The number of benzene rings is 1. The van der Waals surface area contributed by atoms with Gasteiger partial charge in [-0.25, -0.2) is 0 Å². The first-order chi connectivity index (χ1) is 7.53. The first-order valence-electron chi connectivity index (χ1n) is 5.12.